The van der Waals surface area contributed by atoms with Crippen LogP contribution in [-0.2, 0) is 16.1 Å². The average molecular weight is 236 g/mol. The second kappa shape index (κ2) is 5.98. The van der Waals surface area contributed by atoms with Gasteiger partial charge in [0, 0.05) is 31.9 Å². The maximum atomic E-state index is 11.8. The van der Waals surface area contributed by atoms with E-state index in [4.69, 9.17) is 5.11 Å². The molecule has 1 heterocycles. The SMILES string of the molecule is CC(CC(=O)O)C(=O)N(C)Cc1ccncc1. The molecular weight excluding hydrogens is 220 g/mol. The van der Waals surface area contributed by atoms with Gasteiger partial charge in [-0.05, 0) is 17.7 Å². The summed E-state index contributed by atoms with van der Waals surface area (Å²) in [6, 6.07) is 3.65. The molecule has 1 rings (SSSR count). The van der Waals surface area contributed by atoms with Gasteiger partial charge in [0.25, 0.3) is 0 Å². The van der Waals surface area contributed by atoms with Crippen molar-refractivity contribution in [2.75, 3.05) is 7.05 Å². The van der Waals surface area contributed by atoms with Gasteiger partial charge in [-0.2, -0.15) is 0 Å². The maximum Gasteiger partial charge on any atom is 0.304 e. The molecule has 0 spiro atoms. The first kappa shape index (κ1) is 13.2. The van der Waals surface area contributed by atoms with E-state index >= 15 is 0 Å². The first-order chi connectivity index (χ1) is 8.00. The van der Waals surface area contributed by atoms with Crippen LogP contribution in [0.4, 0.5) is 0 Å². The van der Waals surface area contributed by atoms with E-state index in [9.17, 15) is 9.59 Å². The normalized spacial score (nSPS) is 11.9. The molecule has 92 valence electrons. The second-order valence-electron chi connectivity index (χ2n) is 4.05. The standard InChI is InChI=1S/C12H16N2O3/c1-9(7-11(15)16)12(17)14(2)8-10-3-5-13-6-4-10/h3-6,9H,7-8H2,1-2H3,(H,15,16). The Morgan fingerprint density at radius 3 is 2.53 bits per heavy atom. The van der Waals surface area contributed by atoms with Crippen LogP contribution in [0.15, 0.2) is 24.5 Å². The third-order valence-electron chi connectivity index (χ3n) is 2.45. The molecule has 5 heteroatoms. The number of carbonyl (C=O) groups excluding carboxylic acids is 1. The molecule has 0 saturated carbocycles. The van der Waals surface area contributed by atoms with Crippen molar-refractivity contribution in [1.82, 2.24) is 9.88 Å². The molecule has 1 amide bonds. The molecule has 0 saturated heterocycles. The molecule has 0 aliphatic rings. The lowest BCUT2D eigenvalue weighted by atomic mass is 10.1. The molecule has 0 radical (unpaired) electrons. The largest absolute Gasteiger partial charge is 0.481 e. The van der Waals surface area contributed by atoms with Crippen LogP contribution in [0.3, 0.4) is 0 Å². The molecule has 0 bridgehead atoms. The van der Waals surface area contributed by atoms with Gasteiger partial charge in [-0.1, -0.05) is 6.92 Å². The van der Waals surface area contributed by atoms with Crippen LogP contribution in [-0.4, -0.2) is 33.9 Å². The summed E-state index contributed by atoms with van der Waals surface area (Å²) < 4.78 is 0. The monoisotopic (exact) mass is 236 g/mol. The minimum atomic E-state index is -0.955. The minimum Gasteiger partial charge on any atom is -0.481 e. The van der Waals surface area contributed by atoms with Gasteiger partial charge < -0.3 is 10.0 Å². The summed E-state index contributed by atoms with van der Waals surface area (Å²) >= 11 is 0. The van der Waals surface area contributed by atoms with E-state index < -0.39 is 11.9 Å². The predicted octanol–water partition coefficient (Wildman–Crippen LogP) is 1.15. The van der Waals surface area contributed by atoms with E-state index in [1.807, 2.05) is 12.1 Å². The fraction of sp³-hybridized carbons (Fsp3) is 0.417. The number of amides is 1. The molecule has 0 aliphatic carbocycles. The van der Waals surface area contributed by atoms with Gasteiger partial charge in [0.05, 0.1) is 6.42 Å². The fourth-order valence-corrected chi connectivity index (χ4v) is 1.57. The van der Waals surface area contributed by atoms with Gasteiger partial charge in [-0.25, -0.2) is 0 Å². The smallest absolute Gasteiger partial charge is 0.304 e. The predicted molar refractivity (Wildman–Crippen MR) is 62.1 cm³/mol. The van der Waals surface area contributed by atoms with Crippen LogP contribution in [0.5, 0.6) is 0 Å². The molecule has 0 aliphatic heterocycles. The number of rotatable bonds is 5. The lowest BCUT2D eigenvalue weighted by Gasteiger charge is -2.20. The van der Waals surface area contributed by atoms with Gasteiger partial charge >= 0.3 is 5.97 Å². The molecule has 1 aromatic heterocycles. The van der Waals surface area contributed by atoms with Crippen molar-refractivity contribution in [3.63, 3.8) is 0 Å². The number of carboxylic acids is 1. The Kier molecular flexibility index (Phi) is 4.63. The van der Waals surface area contributed by atoms with E-state index in [1.54, 1.807) is 26.4 Å². The lowest BCUT2D eigenvalue weighted by Crippen LogP contribution is -2.32. The number of aromatic nitrogens is 1. The van der Waals surface area contributed by atoms with E-state index in [0.29, 0.717) is 6.54 Å². The van der Waals surface area contributed by atoms with Crippen LogP contribution in [0.1, 0.15) is 18.9 Å². The van der Waals surface area contributed by atoms with E-state index in [1.165, 1.54) is 4.90 Å². The first-order valence-corrected chi connectivity index (χ1v) is 5.36. The van der Waals surface area contributed by atoms with Crippen LogP contribution in [0.25, 0.3) is 0 Å². The fourth-order valence-electron chi connectivity index (χ4n) is 1.57. The maximum absolute atomic E-state index is 11.8. The molecule has 1 aromatic rings. The van der Waals surface area contributed by atoms with E-state index in [2.05, 4.69) is 4.98 Å². The van der Waals surface area contributed by atoms with Crippen LogP contribution in [0.2, 0.25) is 0 Å². The summed E-state index contributed by atoms with van der Waals surface area (Å²) in [5.74, 6) is -1.62. The van der Waals surface area contributed by atoms with Crippen molar-refractivity contribution >= 4 is 11.9 Å². The molecule has 0 aromatic carbocycles. The Hall–Kier alpha value is -1.91. The third-order valence-corrected chi connectivity index (χ3v) is 2.45. The Balaban J connectivity index is 2.55. The Morgan fingerprint density at radius 1 is 1.41 bits per heavy atom. The van der Waals surface area contributed by atoms with Crippen molar-refractivity contribution in [3.8, 4) is 0 Å². The van der Waals surface area contributed by atoms with Crippen LogP contribution in [0, 0.1) is 5.92 Å². The van der Waals surface area contributed by atoms with Crippen molar-refractivity contribution < 1.29 is 14.7 Å². The summed E-state index contributed by atoms with van der Waals surface area (Å²) in [5.41, 5.74) is 0.971. The molecule has 1 N–H and O–H groups in total. The molecule has 0 fully saturated rings. The van der Waals surface area contributed by atoms with Gasteiger partial charge in [-0.3, -0.25) is 14.6 Å². The van der Waals surface area contributed by atoms with E-state index in [-0.39, 0.29) is 12.3 Å². The van der Waals surface area contributed by atoms with Gasteiger partial charge in [0.1, 0.15) is 0 Å². The zero-order valence-electron chi connectivity index (χ0n) is 9.96. The zero-order chi connectivity index (χ0) is 12.8. The Bertz CT molecular complexity index is 392. The van der Waals surface area contributed by atoms with Gasteiger partial charge in [-0.15, -0.1) is 0 Å². The summed E-state index contributed by atoms with van der Waals surface area (Å²) in [4.78, 5) is 27.8. The highest BCUT2D eigenvalue weighted by Crippen LogP contribution is 2.09. The Morgan fingerprint density at radius 2 is 2.00 bits per heavy atom. The highest BCUT2D eigenvalue weighted by molar-refractivity contribution is 5.82. The zero-order valence-corrected chi connectivity index (χ0v) is 9.96. The number of nitrogens with zero attached hydrogens (tertiary/aromatic N) is 2. The Labute approximate surface area is 100 Å². The highest BCUT2D eigenvalue weighted by atomic mass is 16.4. The van der Waals surface area contributed by atoms with E-state index in [0.717, 1.165) is 5.56 Å². The summed E-state index contributed by atoms with van der Waals surface area (Å²) in [6.45, 7) is 2.09. The first-order valence-electron chi connectivity index (χ1n) is 5.36. The summed E-state index contributed by atoms with van der Waals surface area (Å²) in [5, 5.41) is 8.63. The molecular formula is C12H16N2O3. The van der Waals surface area contributed by atoms with Crippen LogP contribution >= 0.6 is 0 Å². The number of aliphatic carboxylic acids is 1. The minimum absolute atomic E-state index is 0.139. The highest BCUT2D eigenvalue weighted by Gasteiger charge is 2.20. The van der Waals surface area contributed by atoms with Crippen molar-refractivity contribution in [1.29, 1.82) is 0 Å². The number of pyridine rings is 1. The van der Waals surface area contributed by atoms with Crippen LogP contribution < -0.4 is 0 Å². The van der Waals surface area contributed by atoms with Crippen molar-refractivity contribution in [3.05, 3.63) is 30.1 Å². The van der Waals surface area contributed by atoms with Gasteiger partial charge in [0.2, 0.25) is 5.91 Å². The lowest BCUT2D eigenvalue weighted by molar-refractivity contribution is -0.143. The summed E-state index contributed by atoms with van der Waals surface area (Å²) in [6.07, 6.45) is 3.18. The molecule has 17 heavy (non-hydrogen) atoms. The quantitative estimate of drug-likeness (QED) is 0.832. The third kappa shape index (κ3) is 4.22. The topological polar surface area (TPSA) is 70.5 Å². The van der Waals surface area contributed by atoms with Crippen molar-refractivity contribution in [2.45, 2.75) is 19.9 Å². The summed E-state index contributed by atoms with van der Waals surface area (Å²) in [7, 11) is 1.67. The number of carbonyl (C=O) groups is 2. The molecule has 1 unspecified atom stereocenters. The molecule has 1 atom stereocenters. The number of hydrogen-bond donors (Lipinski definition) is 1. The average Bonchev–Trinajstić information content (AvgIpc) is 2.28. The van der Waals surface area contributed by atoms with Gasteiger partial charge in [0.15, 0.2) is 0 Å². The molecule has 5 nitrogen and oxygen atoms in total. The number of carboxylic acid groups (broad SMARTS) is 1. The second-order valence-corrected chi connectivity index (χ2v) is 4.05. The number of hydrogen-bond acceptors (Lipinski definition) is 3. The van der Waals surface area contributed by atoms with Crippen molar-refractivity contribution in [2.24, 2.45) is 5.92 Å².